The number of nitrogens with two attached hydrogens (primary N) is 1. The van der Waals surface area contributed by atoms with E-state index in [4.69, 9.17) is 5.73 Å². The number of fused-ring (bicyclic) bond motifs is 2. The van der Waals surface area contributed by atoms with Crippen LogP contribution in [0.1, 0.15) is 35.2 Å². The number of H-pyrrole nitrogens is 2. The Hall–Kier alpha value is -3.87. The molecule has 7 nitrogen and oxygen atoms in total. The molecule has 0 aliphatic rings. The number of nitrogens with one attached hydrogen (secondary N) is 2. The summed E-state index contributed by atoms with van der Waals surface area (Å²) in [5.74, 6) is 1.09. The number of rotatable bonds is 5. The Bertz CT molecular complexity index is 1320. The van der Waals surface area contributed by atoms with E-state index in [-0.39, 0.29) is 5.78 Å². The molecule has 0 bridgehead atoms. The number of para-hydroxylation sites is 1. The first-order valence-corrected chi connectivity index (χ1v) is 9.59. The Balaban J connectivity index is 1.51. The van der Waals surface area contributed by atoms with Crippen LogP contribution in [0.5, 0.6) is 0 Å². The second-order valence-electron chi connectivity index (χ2n) is 7.09. The predicted molar refractivity (Wildman–Crippen MR) is 113 cm³/mol. The molecule has 0 atom stereocenters. The molecule has 5 rings (SSSR count). The number of anilines is 1. The number of benzene rings is 2. The summed E-state index contributed by atoms with van der Waals surface area (Å²) in [6, 6.07) is 15.4. The van der Waals surface area contributed by atoms with Gasteiger partial charge in [0, 0.05) is 17.3 Å². The highest BCUT2D eigenvalue weighted by Gasteiger charge is 2.20. The second kappa shape index (κ2) is 6.63. The maximum absolute atomic E-state index is 13.0. The van der Waals surface area contributed by atoms with Gasteiger partial charge in [0.2, 0.25) is 5.78 Å². The van der Waals surface area contributed by atoms with Crippen LogP contribution in [0.25, 0.3) is 27.6 Å². The maximum atomic E-state index is 13.0. The number of nitrogens with zero attached hydrogens (tertiary/aromatic N) is 3. The van der Waals surface area contributed by atoms with E-state index in [9.17, 15) is 4.79 Å². The first-order chi connectivity index (χ1) is 14.1. The van der Waals surface area contributed by atoms with Gasteiger partial charge in [0.1, 0.15) is 11.6 Å². The average Bonchev–Trinajstić information content (AvgIpc) is 3.42. The van der Waals surface area contributed by atoms with Gasteiger partial charge < -0.3 is 15.7 Å². The average molecular weight is 384 g/mol. The zero-order chi connectivity index (χ0) is 20.0. The third-order valence-corrected chi connectivity index (χ3v) is 5.07. The van der Waals surface area contributed by atoms with Crippen LogP contribution in [-0.4, -0.2) is 30.5 Å². The molecule has 7 heteroatoms. The van der Waals surface area contributed by atoms with Gasteiger partial charge in [-0.2, -0.15) is 5.10 Å². The highest BCUT2D eigenvalue weighted by atomic mass is 16.1. The number of imidazole rings is 1. The summed E-state index contributed by atoms with van der Waals surface area (Å²) in [6.07, 6.45) is 3.44. The number of hydrogen-bond donors (Lipinski definition) is 3. The highest BCUT2D eigenvalue weighted by molar-refractivity contribution is 6.12. The van der Waals surface area contributed by atoms with Gasteiger partial charge in [0.15, 0.2) is 0 Å². The predicted octanol–water partition coefficient (Wildman–Crippen LogP) is 4.00. The van der Waals surface area contributed by atoms with E-state index in [1.807, 2.05) is 48.5 Å². The molecule has 3 aromatic heterocycles. The van der Waals surface area contributed by atoms with Crippen LogP contribution in [0.2, 0.25) is 0 Å². The zero-order valence-electron chi connectivity index (χ0n) is 15.9. The van der Waals surface area contributed by atoms with Gasteiger partial charge in [-0.1, -0.05) is 25.1 Å². The molecule has 144 valence electrons. The van der Waals surface area contributed by atoms with E-state index in [1.54, 1.807) is 4.68 Å². The molecule has 0 amide bonds. The molecule has 5 aromatic rings. The summed E-state index contributed by atoms with van der Waals surface area (Å²) in [4.78, 5) is 24.1. The third-order valence-electron chi connectivity index (χ3n) is 5.07. The highest BCUT2D eigenvalue weighted by Crippen LogP contribution is 2.24. The van der Waals surface area contributed by atoms with Gasteiger partial charge in [0.05, 0.1) is 34.2 Å². The zero-order valence-corrected chi connectivity index (χ0v) is 15.9. The minimum atomic E-state index is -0.183. The smallest absolute Gasteiger partial charge is 0.214 e. The molecule has 4 N–H and O–H groups in total. The summed E-state index contributed by atoms with van der Waals surface area (Å²) in [5.41, 5.74) is 10.7. The number of aromatic nitrogens is 5. The van der Waals surface area contributed by atoms with Crippen LogP contribution in [0.15, 0.2) is 54.7 Å². The lowest BCUT2D eigenvalue weighted by Crippen LogP contribution is -2.07. The van der Waals surface area contributed by atoms with Gasteiger partial charge in [-0.3, -0.25) is 4.79 Å². The van der Waals surface area contributed by atoms with E-state index in [2.05, 4.69) is 27.0 Å². The SMILES string of the molecule is CCCc1nc2ccc(-n3ncc(C(=O)c4cc5ccccc5[nH]4)c3N)cc2[nH]1. The number of carbonyl (C=O) groups excluding carboxylic acids is 1. The molecule has 0 spiro atoms. The van der Waals surface area contributed by atoms with Crippen molar-refractivity contribution < 1.29 is 4.79 Å². The van der Waals surface area contributed by atoms with Crippen molar-refractivity contribution in [2.24, 2.45) is 0 Å². The first kappa shape index (κ1) is 17.2. The third kappa shape index (κ3) is 2.87. The van der Waals surface area contributed by atoms with Gasteiger partial charge in [-0.25, -0.2) is 9.67 Å². The van der Waals surface area contributed by atoms with Crippen molar-refractivity contribution in [1.29, 1.82) is 0 Å². The second-order valence-corrected chi connectivity index (χ2v) is 7.09. The molecule has 0 aliphatic heterocycles. The van der Waals surface area contributed by atoms with Crippen LogP contribution in [-0.2, 0) is 6.42 Å². The van der Waals surface area contributed by atoms with Crippen molar-refractivity contribution in [3.63, 3.8) is 0 Å². The Morgan fingerprint density at radius 2 is 1.97 bits per heavy atom. The maximum Gasteiger partial charge on any atom is 0.214 e. The lowest BCUT2D eigenvalue weighted by atomic mass is 10.1. The van der Waals surface area contributed by atoms with Crippen molar-refractivity contribution in [3.8, 4) is 5.69 Å². The molecule has 3 heterocycles. The van der Waals surface area contributed by atoms with E-state index in [0.29, 0.717) is 17.1 Å². The van der Waals surface area contributed by atoms with Crippen molar-refractivity contribution in [3.05, 3.63) is 71.8 Å². The quantitative estimate of drug-likeness (QED) is 0.398. The monoisotopic (exact) mass is 384 g/mol. The molecule has 29 heavy (non-hydrogen) atoms. The van der Waals surface area contributed by atoms with Gasteiger partial charge in [0.25, 0.3) is 0 Å². The largest absolute Gasteiger partial charge is 0.383 e. The molecule has 0 saturated carbocycles. The molecular formula is C22H20N6O. The number of ketones is 1. The van der Waals surface area contributed by atoms with E-state index in [0.717, 1.165) is 46.3 Å². The summed E-state index contributed by atoms with van der Waals surface area (Å²) < 4.78 is 1.58. The number of aryl methyl sites for hydroxylation is 1. The Kier molecular flexibility index (Phi) is 3.94. The first-order valence-electron chi connectivity index (χ1n) is 9.59. The molecule has 0 fully saturated rings. The molecule has 0 aliphatic carbocycles. The minimum absolute atomic E-state index is 0.183. The molecule has 0 saturated heterocycles. The number of carbonyl (C=O) groups is 1. The van der Waals surface area contributed by atoms with Crippen LogP contribution in [0, 0.1) is 0 Å². The standard InChI is InChI=1S/C22H20N6O/c1-2-5-20-26-17-9-8-14(11-18(17)27-20)28-22(23)15(12-24-28)21(29)19-10-13-6-3-4-7-16(13)25-19/h3-4,6-12,25H,2,5,23H2,1H3,(H,26,27). The van der Waals surface area contributed by atoms with Crippen LogP contribution in [0.4, 0.5) is 5.82 Å². The molecular weight excluding hydrogens is 364 g/mol. The van der Waals surface area contributed by atoms with E-state index in [1.165, 1.54) is 6.20 Å². The van der Waals surface area contributed by atoms with Gasteiger partial charge in [-0.15, -0.1) is 0 Å². The van der Waals surface area contributed by atoms with Crippen molar-refractivity contribution in [1.82, 2.24) is 24.7 Å². The van der Waals surface area contributed by atoms with Crippen LogP contribution >= 0.6 is 0 Å². The Morgan fingerprint density at radius 3 is 2.79 bits per heavy atom. The molecule has 0 radical (unpaired) electrons. The number of hydrogen-bond acceptors (Lipinski definition) is 4. The lowest BCUT2D eigenvalue weighted by molar-refractivity contribution is 0.103. The lowest BCUT2D eigenvalue weighted by Gasteiger charge is -2.05. The van der Waals surface area contributed by atoms with Crippen molar-refractivity contribution >= 4 is 33.5 Å². The van der Waals surface area contributed by atoms with Gasteiger partial charge in [-0.05, 0) is 36.8 Å². The summed E-state index contributed by atoms with van der Waals surface area (Å²) in [7, 11) is 0. The number of aromatic amines is 2. The van der Waals surface area contributed by atoms with Crippen LogP contribution < -0.4 is 5.73 Å². The van der Waals surface area contributed by atoms with Crippen molar-refractivity contribution in [2.45, 2.75) is 19.8 Å². The molecule has 2 aromatic carbocycles. The normalized spacial score (nSPS) is 11.5. The Morgan fingerprint density at radius 1 is 1.10 bits per heavy atom. The summed E-state index contributed by atoms with van der Waals surface area (Å²) in [6.45, 7) is 2.12. The fraction of sp³-hybridized carbons (Fsp3) is 0.136. The molecule has 0 unspecified atom stereocenters. The Labute approximate surface area is 166 Å². The fourth-order valence-corrected chi connectivity index (χ4v) is 3.62. The topological polar surface area (TPSA) is 105 Å². The number of nitrogen functional groups attached to an aromatic ring is 1. The van der Waals surface area contributed by atoms with Crippen molar-refractivity contribution in [2.75, 3.05) is 5.73 Å². The van der Waals surface area contributed by atoms with Gasteiger partial charge >= 0.3 is 0 Å². The summed E-state index contributed by atoms with van der Waals surface area (Å²) >= 11 is 0. The van der Waals surface area contributed by atoms with E-state index >= 15 is 0 Å². The summed E-state index contributed by atoms with van der Waals surface area (Å²) in [5, 5.41) is 5.34. The fourth-order valence-electron chi connectivity index (χ4n) is 3.62. The van der Waals surface area contributed by atoms with Crippen LogP contribution in [0.3, 0.4) is 0 Å². The van der Waals surface area contributed by atoms with E-state index < -0.39 is 0 Å². The minimum Gasteiger partial charge on any atom is -0.383 e.